The molecular weight excluding hydrogens is 691 g/mol. The van der Waals surface area contributed by atoms with Crippen molar-refractivity contribution in [2.75, 3.05) is 46.0 Å². The van der Waals surface area contributed by atoms with Gasteiger partial charge >= 0.3 is 12.1 Å². The molecule has 2 aliphatic heterocycles. The highest BCUT2D eigenvalue weighted by Crippen LogP contribution is 2.38. The topological polar surface area (TPSA) is 129 Å². The summed E-state index contributed by atoms with van der Waals surface area (Å²) in [5.41, 5.74) is 1.76. The van der Waals surface area contributed by atoms with Crippen LogP contribution in [0, 0.1) is 23.5 Å². The fraction of sp³-hybridized carbons (Fsp3) is 0.410. The summed E-state index contributed by atoms with van der Waals surface area (Å²) in [7, 11) is 0. The zero-order chi connectivity index (χ0) is 37.3. The van der Waals surface area contributed by atoms with Crippen LogP contribution in [0.3, 0.4) is 0 Å². The zero-order valence-corrected chi connectivity index (χ0v) is 29.2. The number of hydrogen-bond acceptors (Lipinski definition) is 7. The lowest BCUT2D eigenvalue weighted by Crippen LogP contribution is -2.50. The molecular formula is C39H44F3N5O6. The second-order valence-electron chi connectivity index (χ2n) is 13.5. The molecule has 0 saturated carbocycles. The minimum absolute atomic E-state index is 0.0175. The number of rotatable bonds is 13. The number of aliphatic hydroxyl groups excluding tert-OH is 2. The first-order valence-electron chi connectivity index (χ1n) is 17.8. The van der Waals surface area contributed by atoms with E-state index in [-0.39, 0.29) is 56.5 Å². The number of amides is 3. The van der Waals surface area contributed by atoms with Crippen molar-refractivity contribution in [3.05, 3.63) is 114 Å². The first-order chi connectivity index (χ1) is 25.7. The molecule has 0 bridgehead atoms. The number of halogens is 3. The fourth-order valence-corrected chi connectivity index (χ4v) is 6.94. The highest BCUT2D eigenvalue weighted by atomic mass is 19.1. The Kier molecular flexibility index (Phi) is 12.7. The number of aliphatic hydroxyl groups is 2. The van der Waals surface area contributed by atoms with Crippen LogP contribution in [0.15, 0.2) is 85.1 Å². The van der Waals surface area contributed by atoms with Crippen LogP contribution in [0.1, 0.15) is 35.8 Å². The lowest BCUT2D eigenvalue weighted by atomic mass is 9.89. The number of imidazole rings is 1. The van der Waals surface area contributed by atoms with Gasteiger partial charge in [-0.1, -0.05) is 60.7 Å². The number of aromatic nitrogens is 2. The summed E-state index contributed by atoms with van der Waals surface area (Å²) in [6.45, 7) is -0.231. The summed E-state index contributed by atoms with van der Waals surface area (Å²) in [5.74, 6) is -2.04. The Morgan fingerprint density at radius 3 is 2.40 bits per heavy atom. The SMILES string of the molecule is O=C(OCc1ccccc1)N1C[C@@H](CN(C(=O)NC[C@@H](O)CO)[C@@H](c2nc(-c3cc(F)ccc3F)cn2Cc2ccccc2)C2CCOCC2)[C@@H](F)C1. The number of hydrogen-bond donors (Lipinski definition) is 3. The number of carbonyl (C=O) groups is 2. The van der Waals surface area contributed by atoms with Gasteiger partial charge in [-0.2, -0.15) is 0 Å². The van der Waals surface area contributed by atoms with Crippen LogP contribution in [0.5, 0.6) is 0 Å². The standard InChI is InChI=1S/C39H44F3N5O6/c40-30-11-12-33(41)32(17-30)35-23-45(19-26-7-3-1-4-8-26)37(44-35)36(28-13-15-52-16-14-28)47(38(50)43-18-31(49)24-48)21-29-20-46(22-34(29)42)39(51)53-25-27-9-5-2-6-10-27/h1-12,17,23,28-29,31,34,36,48-49H,13-16,18-22,24-25H2,(H,43,50)/t29-,31+,34-,36+/m0/s1. The van der Waals surface area contributed by atoms with Gasteiger partial charge in [-0.25, -0.2) is 27.7 Å². The van der Waals surface area contributed by atoms with Gasteiger partial charge in [0.25, 0.3) is 0 Å². The van der Waals surface area contributed by atoms with Gasteiger partial charge in [0.05, 0.1) is 31.0 Å². The van der Waals surface area contributed by atoms with Gasteiger partial charge in [-0.3, -0.25) is 0 Å². The normalized spacial score (nSPS) is 18.8. The van der Waals surface area contributed by atoms with Gasteiger partial charge < -0.3 is 39.4 Å². The summed E-state index contributed by atoms with van der Waals surface area (Å²) in [6, 6.07) is 20.2. The van der Waals surface area contributed by atoms with E-state index in [1.54, 1.807) is 10.8 Å². The molecule has 0 radical (unpaired) electrons. The maximum absolute atomic E-state index is 15.9. The van der Waals surface area contributed by atoms with Gasteiger partial charge in [0.2, 0.25) is 0 Å². The third-order valence-corrected chi connectivity index (χ3v) is 9.74. The van der Waals surface area contributed by atoms with Crippen molar-refractivity contribution in [3.63, 3.8) is 0 Å². The first kappa shape index (κ1) is 37.8. The van der Waals surface area contributed by atoms with E-state index in [0.717, 1.165) is 29.3 Å². The number of likely N-dealkylation sites (tertiary alicyclic amines) is 1. The van der Waals surface area contributed by atoms with Crippen molar-refractivity contribution in [2.24, 2.45) is 11.8 Å². The van der Waals surface area contributed by atoms with Crippen LogP contribution in [0.2, 0.25) is 0 Å². The molecule has 6 rings (SSSR count). The van der Waals surface area contributed by atoms with Crippen LogP contribution in [-0.4, -0.2) is 100.0 Å². The highest BCUT2D eigenvalue weighted by molar-refractivity contribution is 5.75. The predicted molar refractivity (Wildman–Crippen MR) is 189 cm³/mol. The van der Waals surface area contributed by atoms with Crippen LogP contribution in [0.25, 0.3) is 11.3 Å². The quantitative estimate of drug-likeness (QED) is 0.170. The summed E-state index contributed by atoms with van der Waals surface area (Å²) in [4.78, 5) is 34.9. The Balaban J connectivity index is 1.37. The molecule has 0 aliphatic carbocycles. The Morgan fingerprint density at radius 1 is 1.00 bits per heavy atom. The number of ether oxygens (including phenoxy) is 2. The molecule has 14 heteroatoms. The lowest BCUT2D eigenvalue weighted by Gasteiger charge is -2.40. The number of alkyl halides is 1. The van der Waals surface area contributed by atoms with Crippen molar-refractivity contribution < 1.29 is 42.4 Å². The van der Waals surface area contributed by atoms with Crippen molar-refractivity contribution in [1.29, 1.82) is 0 Å². The lowest BCUT2D eigenvalue weighted by molar-refractivity contribution is 0.0247. The maximum atomic E-state index is 15.9. The fourth-order valence-electron chi connectivity index (χ4n) is 6.94. The van der Waals surface area contributed by atoms with E-state index < -0.39 is 54.6 Å². The zero-order valence-electron chi connectivity index (χ0n) is 29.2. The van der Waals surface area contributed by atoms with E-state index in [1.165, 1.54) is 9.80 Å². The molecule has 0 spiro atoms. The number of nitrogens with one attached hydrogen (secondary N) is 1. The predicted octanol–water partition coefficient (Wildman–Crippen LogP) is 5.32. The van der Waals surface area contributed by atoms with Crippen LogP contribution in [-0.2, 0) is 22.6 Å². The van der Waals surface area contributed by atoms with E-state index in [9.17, 15) is 24.2 Å². The highest BCUT2D eigenvalue weighted by Gasteiger charge is 2.43. The second-order valence-corrected chi connectivity index (χ2v) is 13.5. The van der Waals surface area contributed by atoms with E-state index >= 15 is 8.78 Å². The summed E-state index contributed by atoms with van der Waals surface area (Å²) in [5, 5.41) is 22.3. The van der Waals surface area contributed by atoms with Crippen molar-refractivity contribution in [3.8, 4) is 11.3 Å². The van der Waals surface area contributed by atoms with E-state index in [0.29, 0.717) is 31.9 Å². The molecule has 282 valence electrons. The van der Waals surface area contributed by atoms with Crippen molar-refractivity contribution in [1.82, 2.24) is 24.7 Å². The molecule has 11 nitrogen and oxygen atoms in total. The number of carbonyl (C=O) groups excluding carboxylic acids is 2. The first-order valence-corrected chi connectivity index (χ1v) is 17.8. The maximum Gasteiger partial charge on any atom is 0.410 e. The van der Waals surface area contributed by atoms with Gasteiger partial charge in [0, 0.05) is 57.1 Å². The van der Waals surface area contributed by atoms with Crippen LogP contribution in [0.4, 0.5) is 22.8 Å². The van der Waals surface area contributed by atoms with Gasteiger partial charge in [0.15, 0.2) is 0 Å². The van der Waals surface area contributed by atoms with E-state index in [4.69, 9.17) is 14.5 Å². The van der Waals surface area contributed by atoms with Gasteiger partial charge in [-0.05, 0) is 48.1 Å². The number of urea groups is 1. The van der Waals surface area contributed by atoms with Crippen molar-refractivity contribution >= 4 is 12.1 Å². The molecule has 0 unspecified atom stereocenters. The Morgan fingerprint density at radius 2 is 1.70 bits per heavy atom. The van der Waals surface area contributed by atoms with Gasteiger partial charge in [-0.15, -0.1) is 0 Å². The van der Waals surface area contributed by atoms with Gasteiger partial charge in [0.1, 0.15) is 30.2 Å². The average molecular weight is 736 g/mol. The molecule has 3 aromatic carbocycles. The summed E-state index contributed by atoms with van der Waals surface area (Å²) in [6.07, 6.45) is -0.790. The summed E-state index contributed by atoms with van der Waals surface area (Å²) < 4.78 is 58.5. The molecule has 2 fully saturated rings. The Hall–Kier alpha value is -4.92. The molecule has 1 aromatic heterocycles. The smallest absolute Gasteiger partial charge is 0.410 e. The number of benzene rings is 3. The van der Waals surface area contributed by atoms with Crippen LogP contribution >= 0.6 is 0 Å². The minimum atomic E-state index is -1.51. The minimum Gasteiger partial charge on any atom is -0.445 e. The molecule has 53 heavy (non-hydrogen) atoms. The molecule has 4 atom stereocenters. The van der Waals surface area contributed by atoms with Crippen molar-refractivity contribution in [2.45, 2.75) is 44.3 Å². The average Bonchev–Trinajstić information content (AvgIpc) is 3.77. The molecule has 3 heterocycles. The molecule has 3 amide bonds. The molecule has 4 aromatic rings. The van der Waals surface area contributed by atoms with E-state index in [2.05, 4.69) is 5.32 Å². The van der Waals surface area contributed by atoms with Crippen LogP contribution < -0.4 is 5.32 Å². The Bertz CT molecular complexity index is 1810. The monoisotopic (exact) mass is 735 g/mol. The Labute approximate surface area is 306 Å². The van der Waals surface area contributed by atoms with E-state index in [1.807, 2.05) is 60.7 Å². The molecule has 3 N–H and O–H groups in total. The third-order valence-electron chi connectivity index (χ3n) is 9.74. The molecule has 2 aliphatic rings. The molecule has 2 saturated heterocycles. The number of nitrogens with zero attached hydrogens (tertiary/aromatic N) is 4. The second kappa shape index (κ2) is 17.7. The third kappa shape index (κ3) is 9.55. The summed E-state index contributed by atoms with van der Waals surface area (Å²) >= 11 is 0. The largest absolute Gasteiger partial charge is 0.445 e.